The molecule has 9 heteroatoms. The van der Waals surface area contributed by atoms with E-state index in [1.807, 2.05) is 48.7 Å². The molecule has 33 heavy (non-hydrogen) atoms. The molecule has 1 aliphatic heterocycles. The third-order valence-corrected chi connectivity index (χ3v) is 6.52. The molecule has 1 N–H and O–H groups in total. The van der Waals surface area contributed by atoms with Crippen LogP contribution in [0.4, 0.5) is 5.69 Å². The predicted molar refractivity (Wildman–Crippen MR) is 128 cm³/mol. The number of anilines is 1. The molecule has 0 aliphatic carbocycles. The number of carbonyl (C=O) groups is 1. The van der Waals surface area contributed by atoms with E-state index in [9.17, 15) is 4.79 Å². The number of nitrogens with one attached hydrogen (secondary N) is 1. The number of para-hydroxylation sites is 1. The summed E-state index contributed by atoms with van der Waals surface area (Å²) >= 11 is 1.74. The van der Waals surface area contributed by atoms with Crippen molar-refractivity contribution < 1.29 is 14.3 Å². The number of hydrogen-bond acceptors (Lipinski definition) is 6. The molecule has 2 aromatic heterocycles. The highest BCUT2D eigenvalue weighted by Gasteiger charge is 2.20. The van der Waals surface area contributed by atoms with Crippen LogP contribution in [-0.2, 0) is 13.6 Å². The van der Waals surface area contributed by atoms with Crippen molar-refractivity contribution in [2.45, 2.75) is 11.7 Å². The highest BCUT2D eigenvalue weighted by Crippen LogP contribution is 2.34. The summed E-state index contributed by atoms with van der Waals surface area (Å²) in [5, 5.41) is 8.59. The molecule has 4 aromatic rings. The van der Waals surface area contributed by atoms with Crippen molar-refractivity contribution in [1.82, 2.24) is 19.3 Å². The first-order valence-corrected chi connectivity index (χ1v) is 11.4. The van der Waals surface area contributed by atoms with Gasteiger partial charge < -0.3 is 19.4 Å². The molecule has 3 heterocycles. The summed E-state index contributed by atoms with van der Waals surface area (Å²) in [7, 11) is 4.95. The number of methoxy groups -OCH3 is 2. The minimum atomic E-state index is -0.258. The molecule has 168 valence electrons. The van der Waals surface area contributed by atoms with Crippen molar-refractivity contribution in [2.75, 3.05) is 25.3 Å². The molecule has 0 saturated heterocycles. The van der Waals surface area contributed by atoms with Gasteiger partial charge in [0, 0.05) is 36.7 Å². The van der Waals surface area contributed by atoms with Gasteiger partial charge in [-0.1, -0.05) is 30.0 Å². The average Bonchev–Trinajstić information content (AvgIpc) is 3.54. The SMILES string of the molecule is COc1ccc(OC)c(-c2cc(C(=O)Nc3ccccc3-c3cn4c(n3)SCC4)n(C)n2)c1. The molecule has 2 aromatic carbocycles. The van der Waals surface area contributed by atoms with Gasteiger partial charge in [0.05, 0.1) is 31.3 Å². The van der Waals surface area contributed by atoms with Crippen LogP contribution >= 0.6 is 11.8 Å². The van der Waals surface area contributed by atoms with Gasteiger partial charge in [-0.05, 0) is 30.3 Å². The van der Waals surface area contributed by atoms with E-state index >= 15 is 0 Å². The number of thioether (sulfide) groups is 1. The predicted octanol–water partition coefficient (Wildman–Crippen LogP) is 4.33. The molecule has 0 saturated carbocycles. The summed E-state index contributed by atoms with van der Waals surface area (Å²) in [6.45, 7) is 0.951. The molecule has 1 amide bonds. The molecule has 5 rings (SSSR count). The smallest absolute Gasteiger partial charge is 0.273 e. The topological polar surface area (TPSA) is 83.2 Å². The first-order chi connectivity index (χ1) is 16.1. The number of benzene rings is 2. The number of carbonyl (C=O) groups excluding carboxylic acids is 1. The fourth-order valence-electron chi connectivity index (χ4n) is 3.87. The number of nitrogens with zero attached hydrogens (tertiary/aromatic N) is 4. The van der Waals surface area contributed by atoms with Crippen LogP contribution in [-0.4, -0.2) is 45.2 Å². The van der Waals surface area contributed by atoms with Crippen molar-refractivity contribution >= 4 is 23.4 Å². The second-order valence-corrected chi connectivity index (χ2v) is 8.62. The zero-order valence-electron chi connectivity index (χ0n) is 18.5. The van der Waals surface area contributed by atoms with Gasteiger partial charge >= 0.3 is 0 Å². The number of ether oxygens (including phenoxy) is 2. The van der Waals surface area contributed by atoms with E-state index in [4.69, 9.17) is 14.5 Å². The molecule has 0 atom stereocenters. The zero-order valence-corrected chi connectivity index (χ0v) is 19.3. The molecular formula is C24H23N5O3S. The van der Waals surface area contributed by atoms with Gasteiger partial charge in [0.2, 0.25) is 0 Å². The van der Waals surface area contributed by atoms with Gasteiger partial charge in [-0.25, -0.2) is 4.98 Å². The normalized spacial score (nSPS) is 12.5. The van der Waals surface area contributed by atoms with E-state index in [-0.39, 0.29) is 5.91 Å². The summed E-state index contributed by atoms with van der Waals surface area (Å²) in [6, 6.07) is 14.9. The van der Waals surface area contributed by atoms with Crippen LogP contribution in [0.15, 0.2) is 59.9 Å². The van der Waals surface area contributed by atoms with Crippen LogP contribution in [0, 0.1) is 0 Å². The molecule has 1 aliphatic rings. The summed E-state index contributed by atoms with van der Waals surface area (Å²) in [5.41, 5.74) is 4.22. The lowest BCUT2D eigenvalue weighted by atomic mass is 10.1. The zero-order chi connectivity index (χ0) is 22.9. The van der Waals surface area contributed by atoms with Crippen LogP contribution in [0.5, 0.6) is 11.5 Å². The highest BCUT2D eigenvalue weighted by molar-refractivity contribution is 7.99. The summed E-state index contributed by atoms with van der Waals surface area (Å²) < 4.78 is 14.5. The highest BCUT2D eigenvalue weighted by atomic mass is 32.2. The first-order valence-electron chi connectivity index (χ1n) is 10.4. The number of imidazole rings is 1. The maximum absolute atomic E-state index is 13.2. The number of fused-ring (bicyclic) bond motifs is 1. The minimum absolute atomic E-state index is 0.258. The molecule has 8 nitrogen and oxygen atoms in total. The Kier molecular flexibility index (Phi) is 5.55. The largest absolute Gasteiger partial charge is 0.497 e. The van der Waals surface area contributed by atoms with Gasteiger partial charge in [0.1, 0.15) is 17.2 Å². The third-order valence-electron chi connectivity index (χ3n) is 5.55. The van der Waals surface area contributed by atoms with Crippen LogP contribution in [0.2, 0.25) is 0 Å². The number of aryl methyl sites for hydroxylation is 2. The molecule has 0 radical (unpaired) electrons. The van der Waals surface area contributed by atoms with Crippen molar-refractivity contribution in [1.29, 1.82) is 0 Å². The molecular weight excluding hydrogens is 438 g/mol. The molecule has 0 fully saturated rings. The van der Waals surface area contributed by atoms with E-state index in [0.717, 1.165) is 34.3 Å². The van der Waals surface area contributed by atoms with Crippen molar-refractivity contribution in [3.8, 4) is 34.0 Å². The van der Waals surface area contributed by atoms with Gasteiger partial charge in [-0.2, -0.15) is 5.10 Å². The molecule has 0 spiro atoms. The van der Waals surface area contributed by atoms with E-state index in [0.29, 0.717) is 28.6 Å². The summed E-state index contributed by atoms with van der Waals surface area (Å²) in [5.74, 6) is 2.12. The summed E-state index contributed by atoms with van der Waals surface area (Å²) in [6.07, 6.45) is 2.04. The lowest BCUT2D eigenvalue weighted by Gasteiger charge is -2.09. The van der Waals surface area contributed by atoms with Crippen molar-refractivity contribution in [3.63, 3.8) is 0 Å². The van der Waals surface area contributed by atoms with Crippen molar-refractivity contribution in [3.05, 3.63) is 60.4 Å². The second kappa shape index (κ2) is 8.67. The summed E-state index contributed by atoms with van der Waals surface area (Å²) in [4.78, 5) is 18.0. The van der Waals surface area contributed by atoms with Gasteiger partial charge in [-0.3, -0.25) is 9.48 Å². The number of hydrogen-bond donors (Lipinski definition) is 1. The van der Waals surface area contributed by atoms with Gasteiger partial charge in [0.25, 0.3) is 5.91 Å². The number of amides is 1. The van der Waals surface area contributed by atoms with Gasteiger partial charge in [-0.15, -0.1) is 0 Å². The van der Waals surface area contributed by atoms with Gasteiger partial charge in [0.15, 0.2) is 5.16 Å². The Balaban J connectivity index is 1.45. The van der Waals surface area contributed by atoms with Crippen LogP contribution < -0.4 is 14.8 Å². The minimum Gasteiger partial charge on any atom is -0.497 e. The third kappa shape index (κ3) is 3.95. The lowest BCUT2D eigenvalue weighted by molar-refractivity contribution is 0.101. The Labute approximate surface area is 195 Å². The Bertz CT molecular complexity index is 1320. The maximum atomic E-state index is 13.2. The monoisotopic (exact) mass is 461 g/mol. The van der Waals surface area contributed by atoms with E-state index < -0.39 is 0 Å². The van der Waals surface area contributed by atoms with Crippen LogP contribution in [0.25, 0.3) is 22.5 Å². The second-order valence-electron chi connectivity index (χ2n) is 7.55. The first kappa shape index (κ1) is 21.1. The lowest BCUT2D eigenvalue weighted by Crippen LogP contribution is -2.16. The van der Waals surface area contributed by atoms with E-state index in [2.05, 4.69) is 15.0 Å². The Morgan fingerprint density at radius 1 is 1.06 bits per heavy atom. The maximum Gasteiger partial charge on any atom is 0.273 e. The fourth-order valence-corrected chi connectivity index (χ4v) is 4.81. The Morgan fingerprint density at radius 2 is 1.91 bits per heavy atom. The standard InChI is InChI=1S/C24H23N5O3S/c1-28-21(13-19(27-28)17-12-15(31-2)8-9-22(17)32-3)23(30)25-18-7-5-4-6-16(18)20-14-29-10-11-33-24(29)26-20/h4-9,12-14H,10-11H2,1-3H3,(H,25,30). The van der Waals surface area contributed by atoms with Crippen LogP contribution in [0.3, 0.4) is 0 Å². The van der Waals surface area contributed by atoms with E-state index in [1.165, 1.54) is 0 Å². The average molecular weight is 462 g/mol. The Hall–Kier alpha value is -3.72. The Morgan fingerprint density at radius 3 is 2.70 bits per heavy atom. The number of rotatable bonds is 6. The number of aromatic nitrogens is 4. The fraction of sp³-hybridized carbons (Fsp3) is 0.208. The molecule has 0 unspecified atom stereocenters. The van der Waals surface area contributed by atoms with Crippen molar-refractivity contribution in [2.24, 2.45) is 7.05 Å². The van der Waals surface area contributed by atoms with E-state index in [1.54, 1.807) is 43.8 Å². The quantitative estimate of drug-likeness (QED) is 0.460. The molecule has 0 bridgehead atoms. The van der Waals surface area contributed by atoms with Crippen LogP contribution in [0.1, 0.15) is 10.5 Å².